The van der Waals surface area contributed by atoms with Crippen molar-refractivity contribution in [2.75, 3.05) is 5.75 Å². The van der Waals surface area contributed by atoms with Crippen molar-refractivity contribution in [1.82, 2.24) is 4.98 Å². The Bertz CT molecular complexity index is 539. The number of aryl methyl sites for hydroxylation is 1. The molecule has 0 fully saturated rings. The Labute approximate surface area is 88.2 Å². The SMILES string of the molecule is NS(=O)(=O)CCc1cc2ccccc2[nH]1. The molecule has 0 aliphatic carbocycles. The minimum absolute atomic E-state index is 0.0280. The fraction of sp³-hybridized carbons (Fsp3) is 0.200. The maximum atomic E-state index is 10.8. The Kier molecular flexibility index (Phi) is 2.50. The van der Waals surface area contributed by atoms with Gasteiger partial charge in [-0.05, 0) is 17.5 Å². The number of primary sulfonamides is 1. The second-order valence-electron chi connectivity index (χ2n) is 3.50. The first-order valence-electron chi connectivity index (χ1n) is 4.62. The first-order chi connectivity index (χ1) is 7.04. The molecule has 0 aliphatic heterocycles. The van der Waals surface area contributed by atoms with Gasteiger partial charge in [-0.2, -0.15) is 0 Å². The zero-order valence-electron chi connectivity index (χ0n) is 8.10. The average Bonchev–Trinajstić information content (AvgIpc) is 2.56. The van der Waals surface area contributed by atoms with Gasteiger partial charge in [-0.3, -0.25) is 0 Å². The number of aromatic amines is 1. The minimum Gasteiger partial charge on any atom is -0.358 e. The summed E-state index contributed by atoms with van der Waals surface area (Å²) in [5.74, 6) is -0.0280. The number of para-hydroxylation sites is 1. The lowest BCUT2D eigenvalue weighted by atomic mass is 10.2. The smallest absolute Gasteiger partial charge is 0.209 e. The largest absolute Gasteiger partial charge is 0.358 e. The van der Waals surface area contributed by atoms with Crippen LogP contribution in [0.1, 0.15) is 5.69 Å². The van der Waals surface area contributed by atoms with E-state index < -0.39 is 10.0 Å². The molecule has 2 aromatic rings. The maximum absolute atomic E-state index is 10.8. The van der Waals surface area contributed by atoms with Gasteiger partial charge in [-0.25, -0.2) is 13.6 Å². The van der Waals surface area contributed by atoms with Gasteiger partial charge in [-0.1, -0.05) is 18.2 Å². The van der Waals surface area contributed by atoms with Gasteiger partial charge in [0.1, 0.15) is 0 Å². The standard InChI is InChI=1S/C10H12N2O2S/c11-15(13,14)6-5-9-7-8-3-1-2-4-10(8)12-9/h1-4,7,12H,5-6H2,(H2,11,13,14). The number of aromatic nitrogens is 1. The zero-order chi connectivity index (χ0) is 10.9. The maximum Gasteiger partial charge on any atom is 0.209 e. The first-order valence-corrected chi connectivity index (χ1v) is 6.33. The van der Waals surface area contributed by atoms with Crippen molar-refractivity contribution in [2.24, 2.45) is 5.14 Å². The molecule has 0 atom stereocenters. The van der Waals surface area contributed by atoms with E-state index in [-0.39, 0.29) is 5.75 Å². The van der Waals surface area contributed by atoms with Gasteiger partial charge in [-0.15, -0.1) is 0 Å². The summed E-state index contributed by atoms with van der Waals surface area (Å²) in [6, 6.07) is 9.75. The molecule has 80 valence electrons. The van der Waals surface area contributed by atoms with E-state index in [1.54, 1.807) is 0 Å². The molecule has 1 aromatic heterocycles. The van der Waals surface area contributed by atoms with E-state index in [0.717, 1.165) is 16.6 Å². The third-order valence-corrected chi connectivity index (χ3v) is 3.01. The third kappa shape index (κ3) is 2.57. The molecular formula is C10H12N2O2S. The molecule has 0 bridgehead atoms. The van der Waals surface area contributed by atoms with Crippen molar-refractivity contribution in [3.63, 3.8) is 0 Å². The number of fused-ring (bicyclic) bond motifs is 1. The van der Waals surface area contributed by atoms with E-state index in [0.29, 0.717) is 6.42 Å². The summed E-state index contributed by atoms with van der Waals surface area (Å²) < 4.78 is 21.6. The predicted octanol–water partition coefficient (Wildman–Crippen LogP) is 0.999. The number of hydrogen-bond acceptors (Lipinski definition) is 2. The van der Waals surface area contributed by atoms with Gasteiger partial charge in [0.2, 0.25) is 10.0 Å². The van der Waals surface area contributed by atoms with Crippen LogP contribution in [0.25, 0.3) is 10.9 Å². The number of H-pyrrole nitrogens is 1. The van der Waals surface area contributed by atoms with Crippen LogP contribution in [0.5, 0.6) is 0 Å². The number of sulfonamides is 1. The van der Waals surface area contributed by atoms with Crippen molar-refractivity contribution in [1.29, 1.82) is 0 Å². The lowest BCUT2D eigenvalue weighted by Crippen LogP contribution is -2.18. The fourth-order valence-corrected chi connectivity index (χ4v) is 2.02. The van der Waals surface area contributed by atoms with Crippen LogP contribution in [0.3, 0.4) is 0 Å². The van der Waals surface area contributed by atoms with Crippen LogP contribution in [0.15, 0.2) is 30.3 Å². The van der Waals surface area contributed by atoms with E-state index in [1.807, 2.05) is 30.3 Å². The van der Waals surface area contributed by atoms with Crippen LogP contribution >= 0.6 is 0 Å². The molecule has 1 heterocycles. The lowest BCUT2D eigenvalue weighted by Gasteiger charge is -1.95. The van der Waals surface area contributed by atoms with Crippen molar-refractivity contribution in [3.8, 4) is 0 Å². The van der Waals surface area contributed by atoms with E-state index in [4.69, 9.17) is 5.14 Å². The van der Waals surface area contributed by atoms with E-state index in [1.165, 1.54) is 0 Å². The monoisotopic (exact) mass is 224 g/mol. The number of rotatable bonds is 3. The highest BCUT2D eigenvalue weighted by atomic mass is 32.2. The second kappa shape index (κ2) is 3.67. The van der Waals surface area contributed by atoms with Crippen LogP contribution in [0.2, 0.25) is 0 Å². The van der Waals surface area contributed by atoms with Crippen molar-refractivity contribution in [3.05, 3.63) is 36.0 Å². The summed E-state index contributed by atoms with van der Waals surface area (Å²) in [5.41, 5.74) is 1.91. The van der Waals surface area contributed by atoms with Crippen LogP contribution < -0.4 is 5.14 Å². The quantitative estimate of drug-likeness (QED) is 0.816. The molecule has 0 saturated carbocycles. The zero-order valence-corrected chi connectivity index (χ0v) is 8.92. The Balaban J connectivity index is 2.23. The molecule has 0 aliphatic rings. The molecule has 0 unspecified atom stereocenters. The molecule has 2 rings (SSSR count). The van der Waals surface area contributed by atoms with Gasteiger partial charge < -0.3 is 4.98 Å². The second-order valence-corrected chi connectivity index (χ2v) is 5.23. The lowest BCUT2D eigenvalue weighted by molar-refractivity contribution is 0.597. The molecule has 0 saturated heterocycles. The molecule has 3 N–H and O–H groups in total. The molecule has 15 heavy (non-hydrogen) atoms. The van der Waals surface area contributed by atoms with Crippen LogP contribution in [-0.4, -0.2) is 19.2 Å². The minimum atomic E-state index is -3.38. The van der Waals surface area contributed by atoms with Crippen molar-refractivity contribution >= 4 is 20.9 Å². The number of nitrogens with two attached hydrogens (primary N) is 1. The van der Waals surface area contributed by atoms with Gasteiger partial charge >= 0.3 is 0 Å². The van der Waals surface area contributed by atoms with E-state index in [9.17, 15) is 8.42 Å². The predicted molar refractivity (Wildman–Crippen MR) is 60.0 cm³/mol. The van der Waals surface area contributed by atoms with Gasteiger partial charge in [0.15, 0.2) is 0 Å². The molecule has 0 amide bonds. The van der Waals surface area contributed by atoms with Crippen LogP contribution in [0.4, 0.5) is 0 Å². The Morgan fingerprint density at radius 1 is 1.27 bits per heavy atom. The Morgan fingerprint density at radius 3 is 2.67 bits per heavy atom. The van der Waals surface area contributed by atoms with Gasteiger partial charge in [0.05, 0.1) is 5.75 Å². The number of benzene rings is 1. The fourth-order valence-electron chi connectivity index (χ4n) is 1.52. The average molecular weight is 224 g/mol. The number of hydrogen-bond donors (Lipinski definition) is 2. The van der Waals surface area contributed by atoms with Crippen LogP contribution in [-0.2, 0) is 16.4 Å². The molecule has 0 spiro atoms. The van der Waals surface area contributed by atoms with Gasteiger partial charge in [0, 0.05) is 17.6 Å². The molecule has 4 nitrogen and oxygen atoms in total. The third-order valence-electron chi connectivity index (χ3n) is 2.24. The Hall–Kier alpha value is -1.33. The molecular weight excluding hydrogens is 212 g/mol. The molecule has 1 aromatic carbocycles. The van der Waals surface area contributed by atoms with Crippen molar-refractivity contribution in [2.45, 2.75) is 6.42 Å². The normalized spacial score (nSPS) is 12.1. The summed E-state index contributed by atoms with van der Waals surface area (Å²) in [5, 5.41) is 6.02. The van der Waals surface area contributed by atoms with Crippen LogP contribution in [0, 0.1) is 0 Å². The highest BCUT2D eigenvalue weighted by Crippen LogP contribution is 2.14. The summed E-state index contributed by atoms with van der Waals surface area (Å²) in [4.78, 5) is 3.15. The highest BCUT2D eigenvalue weighted by molar-refractivity contribution is 7.89. The summed E-state index contributed by atoms with van der Waals surface area (Å²) >= 11 is 0. The Morgan fingerprint density at radius 2 is 2.00 bits per heavy atom. The summed E-state index contributed by atoms with van der Waals surface area (Å²) in [7, 11) is -3.38. The topological polar surface area (TPSA) is 76.0 Å². The summed E-state index contributed by atoms with van der Waals surface area (Å²) in [6.45, 7) is 0. The van der Waals surface area contributed by atoms with E-state index in [2.05, 4.69) is 4.98 Å². The molecule has 0 radical (unpaired) electrons. The highest BCUT2D eigenvalue weighted by Gasteiger charge is 2.05. The summed E-state index contributed by atoms with van der Waals surface area (Å²) in [6.07, 6.45) is 0.424. The molecule has 5 heteroatoms. The van der Waals surface area contributed by atoms with Gasteiger partial charge in [0.25, 0.3) is 0 Å². The van der Waals surface area contributed by atoms with Crippen molar-refractivity contribution < 1.29 is 8.42 Å². The first kappa shape index (κ1) is 10.2. The van der Waals surface area contributed by atoms with E-state index >= 15 is 0 Å². The number of nitrogens with one attached hydrogen (secondary N) is 1.